The van der Waals surface area contributed by atoms with E-state index >= 15 is 0 Å². The zero-order chi connectivity index (χ0) is 19.6. The molecule has 1 atom stereocenters. The predicted molar refractivity (Wildman–Crippen MR) is 105 cm³/mol. The predicted octanol–water partition coefficient (Wildman–Crippen LogP) is 1.24. The molecule has 1 N–H and O–H groups in total. The van der Waals surface area contributed by atoms with Gasteiger partial charge in [0.2, 0.25) is 11.8 Å². The molecule has 4 heterocycles. The fourth-order valence-electron chi connectivity index (χ4n) is 4.76. The lowest BCUT2D eigenvalue weighted by atomic mass is 9.72. The van der Waals surface area contributed by atoms with Crippen molar-refractivity contribution in [3.05, 3.63) is 12.3 Å². The summed E-state index contributed by atoms with van der Waals surface area (Å²) < 4.78 is 7.41. The second-order valence-corrected chi connectivity index (χ2v) is 8.61. The summed E-state index contributed by atoms with van der Waals surface area (Å²) in [5.41, 5.74) is 0.209. The molecule has 2 amide bonds. The molecule has 1 spiro atoms. The number of likely N-dealkylation sites (tertiary alicyclic amines) is 2. The Balaban J connectivity index is 1.26. The second kappa shape index (κ2) is 8.21. The van der Waals surface area contributed by atoms with Crippen LogP contribution in [0.25, 0.3) is 0 Å². The molecule has 154 valence electrons. The largest absolute Gasteiger partial charge is 0.376 e. The summed E-state index contributed by atoms with van der Waals surface area (Å²) in [7, 11) is 1.83. The number of aromatic nitrogens is 2. The Morgan fingerprint density at radius 2 is 2.18 bits per heavy atom. The van der Waals surface area contributed by atoms with Crippen molar-refractivity contribution >= 4 is 17.6 Å². The topological polar surface area (TPSA) is 79.7 Å². The number of amides is 2. The highest BCUT2D eigenvalue weighted by atomic mass is 16.5. The number of anilines is 1. The Kier molecular flexibility index (Phi) is 5.68. The van der Waals surface area contributed by atoms with Crippen molar-refractivity contribution in [2.75, 3.05) is 44.6 Å². The van der Waals surface area contributed by atoms with Crippen LogP contribution in [-0.4, -0.2) is 76.8 Å². The summed E-state index contributed by atoms with van der Waals surface area (Å²) in [5.74, 6) is 0.850. The summed E-state index contributed by atoms with van der Waals surface area (Å²) in [4.78, 5) is 28.9. The molecular weight excluding hydrogens is 358 g/mol. The minimum Gasteiger partial charge on any atom is -0.376 e. The lowest BCUT2D eigenvalue weighted by Crippen LogP contribution is -2.53. The van der Waals surface area contributed by atoms with Gasteiger partial charge in [0.25, 0.3) is 0 Å². The average molecular weight is 390 g/mol. The quantitative estimate of drug-likeness (QED) is 0.820. The summed E-state index contributed by atoms with van der Waals surface area (Å²) in [6.45, 7) is 4.62. The van der Waals surface area contributed by atoms with Gasteiger partial charge in [-0.3, -0.25) is 19.2 Å². The highest BCUT2D eigenvalue weighted by Crippen LogP contribution is 2.40. The molecule has 0 radical (unpaired) electrons. The molecule has 3 aliphatic heterocycles. The Hall–Kier alpha value is -1.93. The number of carbonyl (C=O) groups excluding carboxylic acids is 2. The number of piperidine rings is 2. The van der Waals surface area contributed by atoms with E-state index in [1.54, 1.807) is 10.7 Å². The molecule has 3 aliphatic rings. The third-order valence-corrected chi connectivity index (χ3v) is 6.46. The lowest BCUT2D eigenvalue weighted by molar-refractivity contribution is -0.141. The molecule has 28 heavy (non-hydrogen) atoms. The van der Waals surface area contributed by atoms with E-state index in [0.29, 0.717) is 18.8 Å². The van der Waals surface area contributed by atoms with Crippen LogP contribution < -0.4 is 5.32 Å². The average Bonchev–Trinajstić information content (AvgIpc) is 3.32. The van der Waals surface area contributed by atoms with Crippen molar-refractivity contribution in [3.63, 3.8) is 0 Å². The molecule has 3 fully saturated rings. The number of nitrogens with zero attached hydrogens (tertiary/aromatic N) is 4. The van der Waals surface area contributed by atoms with E-state index in [2.05, 4.69) is 15.3 Å². The molecule has 0 aliphatic carbocycles. The van der Waals surface area contributed by atoms with E-state index in [0.717, 1.165) is 64.9 Å². The molecule has 1 aromatic heterocycles. The van der Waals surface area contributed by atoms with Crippen LogP contribution in [0.15, 0.2) is 12.3 Å². The van der Waals surface area contributed by atoms with Gasteiger partial charge < -0.3 is 15.0 Å². The van der Waals surface area contributed by atoms with Crippen LogP contribution in [0.3, 0.4) is 0 Å². The van der Waals surface area contributed by atoms with Crippen molar-refractivity contribution < 1.29 is 14.3 Å². The Bertz CT molecular complexity index is 704. The van der Waals surface area contributed by atoms with Gasteiger partial charge in [-0.05, 0) is 50.6 Å². The fourth-order valence-corrected chi connectivity index (χ4v) is 4.76. The summed E-state index contributed by atoms with van der Waals surface area (Å²) in [6, 6.07) is 1.80. The smallest absolute Gasteiger partial charge is 0.239 e. The summed E-state index contributed by atoms with van der Waals surface area (Å²) in [6.07, 6.45) is 7.90. The number of nitrogens with one attached hydrogen (secondary N) is 1. The fraction of sp³-hybridized carbons (Fsp3) is 0.750. The summed E-state index contributed by atoms with van der Waals surface area (Å²) >= 11 is 0. The molecule has 3 saturated heterocycles. The van der Waals surface area contributed by atoms with Crippen molar-refractivity contribution in [1.29, 1.82) is 0 Å². The molecule has 8 heteroatoms. The standard InChI is InChI=1S/C20H31N5O3/c1-23-9-5-17(22-23)21-18(26)14-24-10-7-20(8-11-24)6-4-19(27)25(15-20)13-16-3-2-12-28-16/h5,9,16H,2-4,6-8,10-15H2,1H3,(H,21,22,26)/t16-/m1/s1. The van der Waals surface area contributed by atoms with Crippen LogP contribution >= 0.6 is 0 Å². The lowest BCUT2D eigenvalue weighted by Gasteiger charge is -2.47. The maximum atomic E-state index is 12.4. The van der Waals surface area contributed by atoms with Crippen LogP contribution in [0, 0.1) is 5.41 Å². The second-order valence-electron chi connectivity index (χ2n) is 8.61. The number of rotatable bonds is 5. The Morgan fingerprint density at radius 1 is 1.36 bits per heavy atom. The molecule has 0 saturated carbocycles. The van der Waals surface area contributed by atoms with Crippen molar-refractivity contribution in [3.8, 4) is 0 Å². The van der Waals surface area contributed by atoms with E-state index in [4.69, 9.17) is 4.74 Å². The van der Waals surface area contributed by atoms with E-state index in [1.165, 1.54) is 0 Å². The third-order valence-electron chi connectivity index (χ3n) is 6.46. The normalized spacial score (nSPS) is 25.4. The minimum atomic E-state index is -0.0199. The molecule has 0 aromatic carbocycles. The van der Waals surface area contributed by atoms with Gasteiger partial charge in [-0.1, -0.05) is 0 Å². The Labute approximate surface area is 166 Å². The van der Waals surface area contributed by atoms with Crippen LogP contribution in [0.2, 0.25) is 0 Å². The number of hydrogen-bond acceptors (Lipinski definition) is 5. The monoisotopic (exact) mass is 389 g/mol. The van der Waals surface area contributed by atoms with E-state index < -0.39 is 0 Å². The SMILES string of the molecule is Cn1ccc(NC(=O)CN2CCC3(CCC(=O)N(C[C@H]4CCCO4)C3)CC2)n1. The molecule has 0 unspecified atom stereocenters. The molecule has 4 rings (SSSR count). The van der Waals surface area contributed by atoms with Crippen LogP contribution in [0.5, 0.6) is 0 Å². The third kappa shape index (κ3) is 4.55. The van der Waals surface area contributed by atoms with Gasteiger partial charge in [-0.2, -0.15) is 5.10 Å². The van der Waals surface area contributed by atoms with Crippen LogP contribution in [0.1, 0.15) is 38.5 Å². The molecule has 0 bridgehead atoms. The van der Waals surface area contributed by atoms with Crippen molar-refractivity contribution in [1.82, 2.24) is 19.6 Å². The molecule has 1 aromatic rings. The molecule has 8 nitrogen and oxygen atoms in total. The number of carbonyl (C=O) groups is 2. The number of ether oxygens (including phenoxy) is 1. The molecular formula is C20H31N5O3. The number of aryl methyl sites for hydroxylation is 1. The van der Waals surface area contributed by atoms with Gasteiger partial charge >= 0.3 is 0 Å². The van der Waals surface area contributed by atoms with E-state index in [-0.39, 0.29) is 23.3 Å². The maximum Gasteiger partial charge on any atom is 0.239 e. The first kappa shape index (κ1) is 19.4. The van der Waals surface area contributed by atoms with Gasteiger partial charge in [-0.25, -0.2) is 0 Å². The van der Waals surface area contributed by atoms with Crippen LogP contribution in [0.4, 0.5) is 5.82 Å². The van der Waals surface area contributed by atoms with E-state index in [9.17, 15) is 9.59 Å². The summed E-state index contributed by atoms with van der Waals surface area (Å²) in [5, 5.41) is 7.04. The zero-order valence-electron chi connectivity index (χ0n) is 16.7. The maximum absolute atomic E-state index is 12.4. The van der Waals surface area contributed by atoms with Gasteiger partial charge in [0, 0.05) is 45.4 Å². The van der Waals surface area contributed by atoms with Crippen molar-refractivity contribution in [2.45, 2.75) is 44.6 Å². The van der Waals surface area contributed by atoms with Gasteiger partial charge in [-0.15, -0.1) is 0 Å². The van der Waals surface area contributed by atoms with Crippen molar-refractivity contribution in [2.24, 2.45) is 12.5 Å². The van der Waals surface area contributed by atoms with Gasteiger partial charge in [0.15, 0.2) is 5.82 Å². The number of hydrogen-bond donors (Lipinski definition) is 1. The van der Waals surface area contributed by atoms with Gasteiger partial charge in [0.1, 0.15) is 0 Å². The van der Waals surface area contributed by atoms with Gasteiger partial charge in [0.05, 0.1) is 12.6 Å². The first-order chi connectivity index (χ1) is 13.5. The highest BCUT2D eigenvalue weighted by Gasteiger charge is 2.41. The van der Waals surface area contributed by atoms with E-state index in [1.807, 2.05) is 18.1 Å². The van der Waals surface area contributed by atoms with Crippen LogP contribution in [-0.2, 0) is 21.4 Å². The Morgan fingerprint density at radius 3 is 2.86 bits per heavy atom. The highest BCUT2D eigenvalue weighted by molar-refractivity contribution is 5.91. The minimum absolute atomic E-state index is 0.0199. The first-order valence-corrected chi connectivity index (χ1v) is 10.4. The first-order valence-electron chi connectivity index (χ1n) is 10.4. The zero-order valence-corrected chi connectivity index (χ0v) is 16.7.